The Morgan fingerprint density at radius 3 is 2.50 bits per heavy atom. The van der Waals surface area contributed by atoms with E-state index in [0.29, 0.717) is 12.2 Å². The summed E-state index contributed by atoms with van der Waals surface area (Å²) < 4.78 is 5.49. The Morgan fingerprint density at radius 1 is 1.44 bits per heavy atom. The van der Waals surface area contributed by atoms with E-state index in [1.54, 1.807) is 19.1 Å². The van der Waals surface area contributed by atoms with E-state index in [1.165, 1.54) is 0 Å². The quantitative estimate of drug-likeness (QED) is 0.580. The van der Waals surface area contributed by atoms with Crippen molar-refractivity contribution in [3.05, 3.63) is 33.4 Å². The summed E-state index contributed by atoms with van der Waals surface area (Å²) in [5, 5.41) is 10.8. The number of nitro benzene ring substituents is 1. The van der Waals surface area contributed by atoms with Crippen LogP contribution in [0.15, 0.2) is 12.1 Å². The first-order valence-corrected chi connectivity index (χ1v) is 5.39. The monoisotopic (exact) mass is 223 g/mol. The van der Waals surface area contributed by atoms with Gasteiger partial charge in [-0.2, -0.15) is 0 Å². The smallest absolute Gasteiger partial charge is 0.272 e. The lowest BCUT2D eigenvalue weighted by Crippen LogP contribution is -2.01. The third-order valence-corrected chi connectivity index (χ3v) is 2.45. The van der Waals surface area contributed by atoms with Crippen LogP contribution in [0.4, 0.5) is 5.69 Å². The number of rotatable bonds is 4. The van der Waals surface area contributed by atoms with E-state index >= 15 is 0 Å². The first kappa shape index (κ1) is 12.5. The molecule has 0 aliphatic rings. The van der Waals surface area contributed by atoms with E-state index in [2.05, 4.69) is 0 Å². The molecule has 0 bridgehead atoms. The summed E-state index contributed by atoms with van der Waals surface area (Å²) >= 11 is 0. The fraction of sp³-hybridized carbons (Fsp3) is 0.500. The lowest BCUT2D eigenvalue weighted by atomic mass is 9.99. The largest absolute Gasteiger partial charge is 0.494 e. The standard InChI is InChI=1S/C12H17NO3/c1-5-16-12-6-9(4)11(13(14)15)7-10(12)8(2)3/h6-8H,5H2,1-4H3. The second-order valence-electron chi connectivity index (χ2n) is 4.02. The average Bonchev–Trinajstić information content (AvgIpc) is 2.17. The molecule has 0 fully saturated rings. The van der Waals surface area contributed by atoms with Gasteiger partial charge in [0.1, 0.15) is 5.75 Å². The normalized spacial score (nSPS) is 10.6. The second kappa shape index (κ2) is 4.96. The molecule has 0 spiro atoms. The second-order valence-corrected chi connectivity index (χ2v) is 4.02. The van der Waals surface area contributed by atoms with E-state index in [-0.39, 0.29) is 16.5 Å². The van der Waals surface area contributed by atoms with Crippen molar-refractivity contribution in [2.75, 3.05) is 6.61 Å². The fourth-order valence-corrected chi connectivity index (χ4v) is 1.61. The molecule has 0 heterocycles. The van der Waals surface area contributed by atoms with Crippen molar-refractivity contribution in [2.45, 2.75) is 33.6 Å². The average molecular weight is 223 g/mol. The van der Waals surface area contributed by atoms with Crippen LogP contribution in [0, 0.1) is 17.0 Å². The van der Waals surface area contributed by atoms with Gasteiger partial charge in [-0.1, -0.05) is 13.8 Å². The predicted octanol–water partition coefficient (Wildman–Crippen LogP) is 3.43. The number of nitro groups is 1. The number of benzene rings is 1. The van der Waals surface area contributed by atoms with E-state index in [4.69, 9.17) is 4.74 Å². The summed E-state index contributed by atoms with van der Waals surface area (Å²) in [7, 11) is 0. The van der Waals surface area contributed by atoms with Crippen molar-refractivity contribution in [3.63, 3.8) is 0 Å². The number of hydrogen-bond donors (Lipinski definition) is 0. The molecule has 0 amide bonds. The highest BCUT2D eigenvalue weighted by atomic mass is 16.6. The van der Waals surface area contributed by atoms with Crippen LogP contribution in [-0.2, 0) is 0 Å². The maximum absolute atomic E-state index is 10.8. The van der Waals surface area contributed by atoms with Crippen LogP contribution in [0.1, 0.15) is 37.8 Å². The molecule has 16 heavy (non-hydrogen) atoms. The zero-order chi connectivity index (χ0) is 12.3. The van der Waals surface area contributed by atoms with E-state index in [0.717, 1.165) is 11.3 Å². The maximum atomic E-state index is 10.8. The Hall–Kier alpha value is -1.58. The van der Waals surface area contributed by atoms with E-state index in [9.17, 15) is 10.1 Å². The van der Waals surface area contributed by atoms with Gasteiger partial charge in [0.15, 0.2) is 0 Å². The van der Waals surface area contributed by atoms with Crippen molar-refractivity contribution < 1.29 is 9.66 Å². The molecule has 0 saturated carbocycles. The molecule has 0 aromatic heterocycles. The van der Waals surface area contributed by atoms with Crippen LogP contribution in [-0.4, -0.2) is 11.5 Å². The first-order valence-electron chi connectivity index (χ1n) is 5.39. The molecule has 0 atom stereocenters. The zero-order valence-corrected chi connectivity index (χ0v) is 10.1. The Labute approximate surface area is 95.4 Å². The highest BCUT2D eigenvalue weighted by molar-refractivity contribution is 5.51. The molecule has 88 valence electrons. The molecule has 0 unspecified atom stereocenters. The van der Waals surface area contributed by atoms with Crippen LogP contribution in [0.3, 0.4) is 0 Å². The Morgan fingerprint density at radius 2 is 2.06 bits per heavy atom. The minimum atomic E-state index is -0.350. The van der Waals surface area contributed by atoms with Crippen LogP contribution in [0.5, 0.6) is 5.75 Å². The fourth-order valence-electron chi connectivity index (χ4n) is 1.61. The minimum absolute atomic E-state index is 0.159. The third kappa shape index (κ3) is 2.51. The van der Waals surface area contributed by atoms with Crippen molar-refractivity contribution in [2.24, 2.45) is 0 Å². The predicted molar refractivity (Wildman–Crippen MR) is 63.1 cm³/mol. The van der Waals surface area contributed by atoms with Gasteiger partial charge in [0.2, 0.25) is 0 Å². The topological polar surface area (TPSA) is 52.4 Å². The Bertz CT molecular complexity index is 399. The molecule has 4 nitrogen and oxygen atoms in total. The molecule has 1 aromatic carbocycles. The van der Waals surface area contributed by atoms with Crippen LogP contribution in [0.2, 0.25) is 0 Å². The molecule has 0 saturated heterocycles. The van der Waals surface area contributed by atoms with Gasteiger partial charge >= 0.3 is 0 Å². The van der Waals surface area contributed by atoms with Gasteiger partial charge in [-0.3, -0.25) is 10.1 Å². The molecule has 1 rings (SSSR count). The van der Waals surface area contributed by atoms with Crippen LogP contribution in [0.25, 0.3) is 0 Å². The number of nitrogens with zero attached hydrogens (tertiary/aromatic N) is 1. The Balaban J connectivity index is 3.31. The lowest BCUT2D eigenvalue weighted by molar-refractivity contribution is -0.385. The van der Waals surface area contributed by atoms with E-state index < -0.39 is 0 Å². The molecule has 0 aliphatic heterocycles. The number of aryl methyl sites for hydroxylation is 1. The van der Waals surface area contributed by atoms with Crippen molar-refractivity contribution in [1.82, 2.24) is 0 Å². The van der Waals surface area contributed by atoms with Gasteiger partial charge in [-0.05, 0) is 25.8 Å². The van der Waals surface area contributed by atoms with Gasteiger partial charge in [0, 0.05) is 17.2 Å². The van der Waals surface area contributed by atoms with Crippen molar-refractivity contribution in [1.29, 1.82) is 0 Å². The molecule has 0 aliphatic carbocycles. The Kier molecular flexibility index (Phi) is 3.88. The molecule has 0 radical (unpaired) electrons. The van der Waals surface area contributed by atoms with Gasteiger partial charge in [0.25, 0.3) is 5.69 Å². The maximum Gasteiger partial charge on any atom is 0.272 e. The summed E-state index contributed by atoms with van der Waals surface area (Å²) in [6.45, 7) is 8.19. The summed E-state index contributed by atoms with van der Waals surface area (Å²) in [6, 6.07) is 3.36. The van der Waals surface area contributed by atoms with Crippen LogP contribution < -0.4 is 4.74 Å². The highest BCUT2D eigenvalue weighted by Gasteiger charge is 2.17. The lowest BCUT2D eigenvalue weighted by Gasteiger charge is -2.13. The van der Waals surface area contributed by atoms with Crippen molar-refractivity contribution >= 4 is 5.69 Å². The molecule has 0 N–H and O–H groups in total. The summed E-state index contributed by atoms with van der Waals surface area (Å²) in [6.07, 6.45) is 0. The molecular formula is C12H17NO3. The van der Waals surface area contributed by atoms with Gasteiger partial charge in [0.05, 0.1) is 11.5 Å². The van der Waals surface area contributed by atoms with Gasteiger partial charge in [-0.15, -0.1) is 0 Å². The minimum Gasteiger partial charge on any atom is -0.494 e. The van der Waals surface area contributed by atoms with Gasteiger partial charge in [-0.25, -0.2) is 0 Å². The molecule has 1 aromatic rings. The van der Waals surface area contributed by atoms with Gasteiger partial charge < -0.3 is 4.74 Å². The summed E-state index contributed by atoms with van der Waals surface area (Å²) in [4.78, 5) is 10.5. The highest BCUT2D eigenvalue weighted by Crippen LogP contribution is 2.33. The molecule has 4 heteroatoms. The summed E-state index contributed by atoms with van der Waals surface area (Å²) in [5.74, 6) is 0.960. The first-order chi connectivity index (χ1) is 7.47. The third-order valence-electron chi connectivity index (χ3n) is 2.45. The summed E-state index contributed by atoms with van der Waals surface area (Å²) in [5.41, 5.74) is 1.68. The molecular weight excluding hydrogens is 206 g/mol. The number of hydrogen-bond acceptors (Lipinski definition) is 3. The number of ether oxygens (including phenoxy) is 1. The van der Waals surface area contributed by atoms with Crippen LogP contribution >= 0.6 is 0 Å². The zero-order valence-electron chi connectivity index (χ0n) is 10.1. The van der Waals surface area contributed by atoms with E-state index in [1.807, 2.05) is 20.8 Å². The van der Waals surface area contributed by atoms with Crippen molar-refractivity contribution in [3.8, 4) is 5.75 Å². The SMILES string of the molecule is CCOc1cc(C)c([N+](=O)[O-])cc1C(C)C.